The summed E-state index contributed by atoms with van der Waals surface area (Å²) in [7, 11) is 0. The standard InChI is InChI=1S/C28H36N4O2S.ClH/c33-27-24-18-9-10-19(15-18)25(24)28(34)32(27)17-21-6-2-1-5-20(21)16-30-11-13-31(14-12-30)26-22-7-3-4-8-23(22)35-29-26;/h3-4,7-8,18-21,24-25H,1-2,5-6,9-17H2;1H/t18-,19+,20-,21-,24+,25-;/m0./s1/i16D2,17D2;. The van der Waals surface area contributed by atoms with Crippen LogP contribution in [0.15, 0.2) is 24.3 Å². The number of imide groups is 1. The normalized spacial score (nSPS) is 36.9. The molecule has 5 fully saturated rings. The highest BCUT2D eigenvalue weighted by molar-refractivity contribution is 7.13. The van der Waals surface area contributed by atoms with Crippen LogP contribution in [-0.2, 0) is 9.59 Å². The second-order valence-electron chi connectivity index (χ2n) is 11.1. The van der Waals surface area contributed by atoms with Gasteiger partial charge in [0.2, 0.25) is 11.8 Å². The van der Waals surface area contributed by atoms with E-state index < -0.39 is 24.8 Å². The maximum Gasteiger partial charge on any atom is 0.233 e. The van der Waals surface area contributed by atoms with Crippen LogP contribution in [0.5, 0.6) is 0 Å². The van der Waals surface area contributed by atoms with Gasteiger partial charge in [-0.25, -0.2) is 0 Å². The fourth-order valence-electron chi connectivity index (χ4n) is 7.52. The molecule has 0 radical (unpaired) electrons. The first-order valence-electron chi connectivity index (χ1n) is 15.4. The van der Waals surface area contributed by atoms with Gasteiger partial charge in [-0.1, -0.05) is 25.0 Å². The number of likely N-dealkylation sites (tertiary alicyclic amines) is 1. The Bertz CT molecular complexity index is 1270. The molecule has 2 amide bonds. The molecule has 3 heterocycles. The lowest BCUT2D eigenvalue weighted by molar-refractivity contribution is -0.142. The average Bonchev–Trinajstić information content (AvgIpc) is 3.72. The van der Waals surface area contributed by atoms with E-state index in [2.05, 4.69) is 21.4 Å². The highest BCUT2D eigenvalue weighted by Crippen LogP contribution is 2.56. The molecule has 3 aliphatic carbocycles. The molecule has 1 aromatic carbocycles. The molecule has 2 bridgehead atoms. The lowest BCUT2D eigenvalue weighted by Gasteiger charge is -2.40. The van der Waals surface area contributed by atoms with Crippen LogP contribution in [0.1, 0.15) is 50.4 Å². The van der Waals surface area contributed by atoms with Gasteiger partial charge in [-0.15, -0.1) is 12.4 Å². The Morgan fingerprint density at radius 1 is 0.889 bits per heavy atom. The Morgan fingerprint density at radius 2 is 1.53 bits per heavy atom. The van der Waals surface area contributed by atoms with Crippen molar-refractivity contribution in [2.24, 2.45) is 35.5 Å². The van der Waals surface area contributed by atoms with E-state index in [1.165, 1.54) is 11.5 Å². The molecule has 6 atom stereocenters. The van der Waals surface area contributed by atoms with E-state index in [0.717, 1.165) is 52.9 Å². The van der Waals surface area contributed by atoms with Crippen LogP contribution in [-0.4, -0.2) is 65.2 Å². The minimum atomic E-state index is -2.18. The minimum Gasteiger partial charge on any atom is -0.353 e. The largest absolute Gasteiger partial charge is 0.353 e. The van der Waals surface area contributed by atoms with Crippen molar-refractivity contribution in [1.29, 1.82) is 0 Å². The first kappa shape index (κ1) is 20.3. The number of carbonyl (C=O) groups excluding carboxylic acids is 2. The van der Waals surface area contributed by atoms with E-state index in [1.54, 1.807) is 0 Å². The quantitative estimate of drug-likeness (QED) is 0.523. The van der Waals surface area contributed by atoms with Crippen molar-refractivity contribution in [3.8, 4) is 0 Å². The van der Waals surface area contributed by atoms with Crippen LogP contribution in [0.2, 0.25) is 0 Å². The molecule has 194 valence electrons. The van der Waals surface area contributed by atoms with Gasteiger partial charge in [-0.05, 0) is 79.4 Å². The SMILES string of the molecule is Cl.[2H]C([2H])([C@@H]1CCCC[C@H]1C([2H])([2H])N1C(=O)[C@@H]2[C@H]3CC[C@H](C3)[C@@H]2C1=O)N1CCN(c2nsc3ccccc23)CC1. The van der Waals surface area contributed by atoms with Crippen LogP contribution in [0, 0.1) is 35.5 Å². The van der Waals surface area contributed by atoms with Gasteiger partial charge in [0.15, 0.2) is 0 Å². The number of benzene rings is 1. The highest BCUT2D eigenvalue weighted by Gasteiger charge is 2.61. The zero-order chi connectivity index (χ0) is 27.1. The number of amides is 2. The first-order valence-corrected chi connectivity index (χ1v) is 14.2. The predicted octanol–water partition coefficient (Wildman–Crippen LogP) is 4.68. The highest BCUT2D eigenvalue weighted by atomic mass is 35.5. The molecular formula is C28H37ClN4O2S. The third-order valence-electron chi connectivity index (χ3n) is 9.27. The number of aromatic nitrogens is 1. The van der Waals surface area contributed by atoms with E-state index >= 15 is 0 Å². The Kier molecular flexibility index (Phi) is 5.57. The lowest BCUT2D eigenvalue weighted by atomic mass is 9.78. The first-order chi connectivity index (χ1) is 18.7. The van der Waals surface area contributed by atoms with Crippen molar-refractivity contribution >= 4 is 51.7 Å². The fourth-order valence-corrected chi connectivity index (χ4v) is 8.32. The number of piperazine rings is 1. The maximum atomic E-state index is 13.5. The smallest absolute Gasteiger partial charge is 0.233 e. The Morgan fingerprint density at radius 3 is 2.22 bits per heavy atom. The Labute approximate surface area is 229 Å². The van der Waals surface area contributed by atoms with Crippen LogP contribution < -0.4 is 4.90 Å². The summed E-state index contributed by atoms with van der Waals surface area (Å²) in [6.45, 7) is -1.60. The van der Waals surface area contributed by atoms with Gasteiger partial charge in [0.25, 0.3) is 0 Å². The molecule has 8 heteroatoms. The average molecular weight is 533 g/mol. The molecule has 3 saturated carbocycles. The number of fused-ring (bicyclic) bond motifs is 6. The molecule has 1 aromatic heterocycles. The molecule has 2 saturated heterocycles. The summed E-state index contributed by atoms with van der Waals surface area (Å²) in [4.78, 5) is 32.1. The van der Waals surface area contributed by atoms with Gasteiger partial charge >= 0.3 is 0 Å². The topological polar surface area (TPSA) is 56.8 Å². The molecule has 36 heavy (non-hydrogen) atoms. The third-order valence-corrected chi connectivity index (χ3v) is 10.1. The number of nitrogens with zero attached hydrogens (tertiary/aromatic N) is 4. The molecule has 0 N–H and O–H groups in total. The van der Waals surface area contributed by atoms with Crippen LogP contribution in [0.25, 0.3) is 10.1 Å². The summed E-state index contributed by atoms with van der Waals surface area (Å²) in [6, 6.07) is 8.17. The number of rotatable bonds is 5. The number of hydrogen-bond acceptors (Lipinski definition) is 6. The fraction of sp³-hybridized carbons (Fsp3) is 0.679. The monoisotopic (exact) mass is 532 g/mol. The van der Waals surface area contributed by atoms with Crippen molar-refractivity contribution in [3.63, 3.8) is 0 Å². The zero-order valence-corrected chi connectivity index (χ0v) is 22.1. The van der Waals surface area contributed by atoms with Crippen molar-refractivity contribution in [1.82, 2.24) is 14.2 Å². The molecule has 6 nitrogen and oxygen atoms in total. The van der Waals surface area contributed by atoms with E-state index in [-0.39, 0.29) is 47.9 Å². The Balaban J connectivity index is 0.00000289. The molecule has 5 aliphatic rings. The lowest BCUT2D eigenvalue weighted by Crippen LogP contribution is -2.49. The summed E-state index contributed by atoms with van der Waals surface area (Å²) in [5.74, 6) is -1.34. The van der Waals surface area contributed by atoms with Crippen LogP contribution in [0.4, 0.5) is 5.82 Å². The van der Waals surface area contributed by atoms with E-state index in [4.69, 9.17) is 0 Å². The number of carbonyl (C=O) groups is 2. The number of hydrogen-bond donors (Lipinski definition) is 0. The molecule has 7 rings (SSSR count). The van der Waals surface area contributed by atoms with Gasteiger partial charge in [-0.3, -0.25) is 19.4 Å². The van der Waals surface area contributed by atoms with E-state index in [0.29, 0.717) is 39.0 Å². The van der Waals surface area contributed by atoms with Gasteiger partial charge in [0.05, 0.1) is 19.3 Å². The summed E-state index contributed by atoms with van der Waals surface area (Å²) < 4.78 is 42.7. The molecule has 2 aliphatic heterocycles. The second-order valence-corrected chi connectivity index (χ2v) is 11.9. The van der Waals surface area contributed by atoms with Gasteiger partial charge in [0.1, 0.15) is 5.82 Å². The third kappa shape index (κ3) is 4.06. The summed E-state index contributed by atoms with van der Waals surface area (Å²) >= 11 is 1.48. The predicted molar refractivity (Wildman–Crippen MR) is 145 cm³/mol. The Hall–Kier alpha value is -1.70. The minimum absolute atomic E-state index is 0. The number of anilines is 1. The molecule has 0 unspecified atom stereocenters. The van der Waals surface area contributed by atoms with Crippen LogP contribution >= 0.6 is 23.9 Å². The summed E-state index contributed by atoms with van der Waals surface area (Å²) in [5.41, 5.74) is 0. The van der Waals surface area contributed by atoms with Crippen molar-refractivity contribution < 1.29 is 15.1 Å². The molecular weight excluding hydrogens is 492 g/mol. The zero-order valence-electron chi connectivity index (χ0n) is 24.5. The van der Waals surface area contributed by atoms with E-state index in [9.17, 15) is 15.1 Å². The van der Waals surface area contributed by atoms with Gasteiger partial charge in [-0.2, -0.15) is 4.37 Å². The van der Waals surface area contributed by atoms with Gasteiger partial charge < -0.3 is 4.90 Å². The summed E-state index contributed by atoms with van der Waals surface area (Å²) in [6.07, 6.45) is 5.50. The van der Waals surface area contributed by atoms with E-state index in [1.807, 2.05) is 17.0 Å². The molecule has 2 aromatic rings. The van der Waals surface area contributed by atoms with Crippen molar-refractivity contribution in [3.05, 3.63) is 24.3 Å². The van der Waals surface area contributed by atoms with Crippen molar-refractivity contribution in [2.45, 2.75) is 44.9 Å². The van der Waals surface area contributed by atoms with Crippen molar-refractivity contribution in [2.75, 3.05) is 44.1 Å². The van der Waals surface area contributed by atoms with Gasteiger partial charge in [0, 0.05) is 47.3 Å². The summed E-state index contributed by atoms with van der Waals surface area (Å²) in [5, 5.41) is 1.12. The van der Waals surface area contributed by atoms with Crippen LogP contribution in [0.3, 0.4) is 0 Å². The number of halogens is 1. The molecule has 0 spiro atoms. The second kappa shape index (κ2) is 9.88. The maximum absolute atomic E-state index is 13.5.